The maximum atomic E-state index is 12.3. The normalized spacial score (nSPS) is 12.7. The van der Waals surface area contributed by atoms with Crippen LogP contribution in [0.2, 0.25) is 0 Å². The van der Waals surface area contributed by atoms with Gasteiger partial charge in [0.1, 0.15) is 99.4 Å². The molecule has 0 spiro atoms. The van der Waals surface area contributed by atoms with Gasteiger partial charge in [-0.3, -0.25) is 0 Å². The summed E-state index contributed by atoms with van der Waals surface area (Å²) < 4.78 is 42.6. The summed E-state index contributed by atoms with van der Waals surface area (Å²) in [5.74, 6) is -4.49. The van der Waals surface area contributed by atoms with E-state index >= 15 is 0 Å². The van der Waals surface area contributed by atoms with Crippen LogP contribution in [0.15, 0.2) is 133 Å². The Morgan fingerprint density at radius 1 is 0.364 bits per heavy atom. The second-order valence-electron chi connectivity index (χ2n) is 21.6. The number of rotatable bonds is 27. The predicted octanol–water partition coefficient (Wildman–Crippen LogP) is 7.76. The van der Waals surface area contributed by atoms with E-state index in [9.17, 15) is 70.6 Å². The van der Waals surface area contributed by atoms with Crippen LogP contribution in [0.3, 0.4) is 0 Å². The van der Waals surface area contributed by atoms with Crippen molar-refractivity contribution in [2.75, 3.05) is 60.0 Å². The van der Waals surface area contributed by atoms with Crippen molar-refractivity contribution >= 4 is 17.9 Å². The van der Waals surface area contributed by atoms with Gasteiger partial charge in [0.15, 0.2) is 34.5 Å². The molecule has 470 valence electrons. The molecular formula is C66H74O22. The first-order valence-corrected chi connectivity index (χ1v) is 27.6. The Morgan fingerprint density at radius 2 is 0.602 bits per heavy atom. The number of carbonyl (C=O) groups is 3. The number of phenols is 7. The van der Waals surface area contributed by atoms with Crippen LogP contribution in [0.25, 0.3) is 0 Å². The third-order valence-corrected chi connectivity index (χ3v) is 14.1. The van der Waals surface area contributed by atoms with Crippen molar-refractivity contribution in [1.29, 1.82) is 0 Å². The SMILES string of the molecule is COCC(O)COc1ccc(C(C)(C)c2ccc(OCC(O)COC(=O)c3cc(O)c(O)c(O)c3)cc2)cc1.Cc1cc(C(=O)OCC(O)COc2ccc(C(C)(C)c3ccc(OCC(O)COC(=O)c4cc(O)c(O)c(O)c4)cc3)cc2)cc(O)c1C. The van der Waals surface area contributed by atoms with Crippen LogP contribution in [0.5, 0.6) is 63.2 Å². The van der Waals surface area contributed by atoms with Gasteiger partial charge in [0.25, 0.3) is 0 Å². The molecule has 22 heteroatoms. The first-order chi connectivity index (χ1) is 41.7. The minimum Gasteiger partial charge on any atom is -0.508 e. The molecule has 88 heavy (non-hydrogen) atoms. The van der Waals surface area contributed by atoms with Gasteiger partial charge in [-0.2, -0.15) is 0 Å². The third kappa shape index (κ3) is 18.8. The van der Waals surface area contributed by atoms with Crippen molar-refractivity contribution in [2.45, 2.75) is 76.8 Å². The van der Waals surface area contributed by atoms with Gasteiger partial charge in [-0.05, 0) is 132 Å². The average molecular weight is 1220 g/mol. The van der Waals surface area contributed by atoms with Gasteiger partial charge in [-0.25, -0.2) is 14.4 Å². The highest BCUT2D eigenvalue weighted by Gasteiger charge is 2.26. The van der Waals surface area contributed by atoms with Gasteiger partial charge in [0.2, 0.25) is 0 Å². The smallest absolute Gasteiger partial charge is 0.338 e. The number of hydrogen-bond acceptors (Lipinski definition) is 22. The largest absolute Gasteiger partial charge is 0.508 e. The van der Waals surface area contributed by atoms with Crippen molar-refractivity contribution in [1.82, 2.24) is 0 Å². The van der Waals surface area contributed by atoms with Crippen LogP contribution >= 0.6 is 0 Å². The Kier molecular flexibility index (Phi) is 23.7. The number of ether oxygens (including phenoxy) is 8. The number of hydrogen-bond donors (Lipinski definition) is 11. The Balaban J connectivity index is 0.000000288. The van der Waals surface area contributed by atoms with E-state index < -0.39 is 88.8 Å². The van der Waals surface area contributed by atoms with Crippen LogP contribution in [0.1, 0.15) is 92.1 Å². The first-order valence-electron chi connectivity index (χ1n) is 27.6. The number of phenolic OH excluding ortho intramolecular Hbond substituents is 7. The molecule has 11 N–H and O–H groups in total. The van der Waals surface area contributed by atoms with Gasteiger partial charge < -0.3 is 94.1 Å². The van der Waals surface area contributed by atoms with Gasteiger partial charge in [-0.1, -0.05) is 76.2 Å². The highest BCUT2D eigenvalue weighted by atomic mass is 16.6. The van der Waals surface area contributed by atoms with Crippen molar-refractivity contribution < 1.29 is 108 Å². The molecule has 0 bridgehead atoms. The van der Waals surface area contributed by atoms with Gasteiger partial charge in [0, 0.05) is 17.9 Å². The average Bonchev–Trinajstić information content (AvgIpc) is 1.81. The van der Waals surface area contributed by atoms with Crippen LogP contribution in [0.4, 0.5) is 0 Å². The lowest BCUT2D eigenvalue weighted by Gasteiger charge is -2.26. The molecule has 4 unspecified atom stereocenters. The molecule has 0 saturated carbocycles. The molecule has 0 aliphatic rings. The molecule has 7 aromatic carbocycles. The molecule has 0 heterocycles. The Hall–Kier alpha value is -9.45. The second kappa shape index (κ2) is 30.8. The lowest BCUT2D eigenvalue weighted by molar-refractivity contribution is 0.0127. The molecule has 0 aliphatic heterocycles. The van der Waals surface area contributed by atoms with Crippen molar-refractivity contribution in [3.8, 4) is 63.2 Å². The third-order valence-electron chi connectivity index (χ3n) is 14.1. The topological polar surface area (TPSA) is 348 Å². The molecule has 22 nitrogen and oxygen atoms in total. The molecule has 0 amide bonds. The lowest BCUT2D eigenvalue weighted by atomic mass is 9.78. The van der Waals surface area contributed by atoms with E-state index in [-0.39, 0.29) is 74.1 Å². The summed E-state index contributed by atoms with van der Waals surface area (Å²) in [5, 5.41) is 107. The molecule has 0 fully saturated rings. The van der Waals surface area contributed by atoms with Crippen LogP contribution in [-0.2, 0) is 29.8 Å². The number of benzene rings is 7. The summed E-state index contributed by atoms with van der Waals surface area (Å²) >= 11 is 0. The molecule has 7 rings (SSSR count). The van der Waals surface area contributed by atoms with E-state index in [1.807, 2.05) is 60.7 Å². The fraction of sp³-hybridized carbons (Fsp3) is 0.318. The van der Waals surface area contributed by atoms with E-state index in [1.165, 1.54) is 13.2 Å². The van der Waals surface area contributed by atoms with Crippen LogP contribution in [-0.4, -0.2) is 158 Å². The summed E-state index contributed by atoms with van der Waals surface area (Å²) in [4.78, 5) is 36.6. The zero-order chi connectivity index (χ0) is 64.5. The van der Waals surface area contributed by atoms with E-state index in [0.29, 0.717) is 28.6 Å². The maximum absolute atomic E-state index is 12.3. The zero-order valence-electron chi connectivity index (χ0n) is 49.6. The second-order valence-corrected chi connectivity index (χ2v) is 21.6. The Morgan fingerprint density at radius 3 is 0.852 bits per heavy atom. The van der Waals surface area contributed by atoms with Crippen molar-refractivity contribution in [2.24, 2.45) is 0 Å². The molecular weight excluding hydrogens is 1140 g/mol. The number of aliphatic hydroxyl groups is 4. The summed E-state index contributed by atoms with van der Waals surface area (Å²) in [5.41, 5.74) is 4.59. The van der Waals surface area contributed by atoms with Gasteiger partial charge >= 0.3 is 17.9 Å². The van der Waals surface area contributed by atoms with Crippen LogP contribution in [0, 0.1) is 13.8 Å². The van der Waals surface area contributed by atoms with Crippen LogP contribution < -0.4 is 18.9 Å². The lowest BCUT2D eigenvalue weighted by Crippen LogP contribution is -2.25. The molecule has 7 aromatic rings. The Bertz CT molecular complexity index is 3240. The highest BCUT2D eigenvalue weighted by molar-refractivity contribution is 5.92. The molecule has 0 aliphatic carbocycles. The van der Waals surface area contributed by atoms with Gasteiger partial charge in [0.05, 0.1) is 23.3 Å². The summed E-state index contributed by atoms with van der Waals surface area (Å²) in [7, 11) is 1.52. The fourth-order valence-electron chi connectivity index (χ4n) is 8.53. The van der Waals surface area contributed by atoms with Crippen molar-refractivity contribution in [3.63, 3.8) is 0 Å². The number of aliphatic hydroxyl groups excluding tert-OH is 4. The molecule has 0 saturated heterocycles. The summed E-state index contributed by atoms with van der Waals surface area (Å²) in [6.45, 7) is 10.7. The minimum absolute atomic E-state index is 0.000730. The quantitative estimate of drug-likeness (QED) is 0.0133. The van der Waals surface area contributed by atoms with Gasteiger partial charge in [-0.15, -0.1) is 0 Å². The first kappa shape index (κ1) is 67.7. The maximum Gasteiger partial charge on any atom is 0.338 e. The monoisotopic (exact) mass is 1220 g/mol. The fourth-order valence-corrected chi connectivity index (χ4v) is 8.53. The number of methoxy groups -OCH3 is 1. The predicted molar refractivity (Wildman–Crippen MR) is 319 cm³/mol. The minimum atomic E-state index is -1.16. The summed E-state index contributed by atoms with van der Waals surface area (Å²) in [6, 6.07) is 36.5. The summed E-state index contributed by atoms with van der Waals surface area (Å²) in [6.07, 6.45) is -4.04. The van der Waals surface area contributed by atoms with E-state index in [2.05, 4.69) is 27.7 Å². The molecule has 0 aromatic heterocycles. The van der Waals surface area contributed by atoms with E-state index in [4.69, 9.17) is 37.9 Å². The standard InChI is InChI=1S/C37H40O12.C29H34O10/c1-21-13-23(14-31(40)22(21)2)35(44)48-19-27(38)17-46-29-9-5-25(6-10-29)37(3,4)26-7-11-30(12-8-26)47-18-28(39)20-49-36(45)24-15-32(41)34(43)33(42)16-24;1-29(2,19-4-8-23(9-5-19)37-15-21(30)14-36-3)20-6-10-24(11-7-20)38-16-22(31)17-39-28(35)18-12-25(32)27(34)26(33)13-18/h5-16,27-28,38-43H,17-20H2,1-4H3;4-13,21-22,30-34H,14-17H2,1-3H3. The highest BCUT2D eigenvalue weighted by Crippen LogP contribution is 2.38. The molecule has 0 radical (unpaired) electrons. The van der Waals surface area contributed by atoms with E-state index in [0.717, 1.165) is 52.1 Å². The number of carbonyl (C=O) groups excluding carboxylic acids is 3. The zero-order valence-corrected chi connectivity index (χ0v) is 49.6. The number of esters is 3. The number of aromatic hydroxyl groups is 7. The van der Waals surface area contributed by atoms with Crippen molar-refractivity contribution in [3.05, 3.63) is 184 Å². The number of aryl methyl sites for hydroxylation is 1. The molecule has 4 atom stereocenters. The Labute approximate surface area is 508 Å². The van der Waals surface area contributed by atoms with E-state index in [1.54, 1.807) is 56.3 Å².